The number of hydrogen-bond acceptors (Lipinski definition) is 9. The van der Waals surface area contributed by atoms with Gasteiger partial charge in [0.05, 0.1) is 40.6 Å². The maximum absolute atomic E-state index is 13.1. The first-order valence-corrected chi connectivity index (χ1v) is 16.1. The Hall–Kier alpha value is -4.94. The fourth-order valence-electron chi connectivity index (χ4n) is 6.76. The van der Waals surface area contributed by atoms with Crippen LogP contribution in [0.5, 0.6) is 0 Å². The maximum Gasteiger partial charge on any atom is 0.269 e. The second-order valence-electron chi connectivity index (χ2n) is 12.5. The number of aliphatic hydroxyl groups excluding tert-OH is 1. The first kappa shape index (κ1) is 31.6. The molecule has 4 atom stereocenters. The monoisotopic (exact) mass is 648 g/mol. The van der Waals surface area contributed by atoms with E-state index < -0.39 is 6.29 Å². The van der Waals surface area contributed by atoms with Crippen molar-refractivity contribution in [3.05, 3.63) is 135 Å². The number of nitro groups is 1. The lowest BCUT2D eigenvalue weighted by Crippen LogP contribution is -2.51. The van der Waals surface area contributed by atoms with Crippen molar-refractivity contribution in [2.24, 2.45) is 5.92 Å². The van der Waals surface area contributed by atoms with Gasteiger partial charge in [0, 0.05) is 62.0 Å². The quantitative estimate of drug-likeness (QED) is 0.150. The summed E-state index contributed by atoms with van der Waals surface area (Å²) in [6.07, 6.45) is -1.14. The topological polar surface area (TPSA) is 126 Å². The predicted octanol–water partition coefficient (Wildman–Crippen LogP) is 5.50. The van der Waals surface area contributed by atoms with Crippen LogP contribution in [0, 0.1) is 16.0 Å². The van der Waals surface area contributed by atoms with Gasteiger partial charge in [0.25, 0.3) is 17.5 Å². The van der Waals surface area contributed by atoms with E-state index in [1.54, 1.807) is 60.7 Å². The van der Waals surface area contributed by atoms with Crippen molar-refractivity contribution < 1.29 is 29.1 Å². The lowest BCUT2D eigenvalue weighted by atomic mass is 9.90. The number of carbonyl (C=O) groups excluding carboxylic acids is 2. The molecule has 0 unspecified atom stereocenters. The Morgan fingerprint density at radius 1 is 0.771 bits per heavy atom. The molecule has 11 nitrogen and oxygen atoms in total. The van der Waals surface area contributed by atoms with Gasteiger partial charge in [-0.1, -0.05) is 55.5 Å². The van der Waals surface area contributed by atoms with Crippen LogP contribution in [-0.4, -0.2) is 65.6 Å². The number of carbonyl (C=O) groups is 2. The molecule has 11 heteroatoms. The van der Waals surface area contributed by atoms with Crippen molar-refractivity contribution in [1.29, 1.82) is 0 Å². The van der Waals surface area contributed by atoms with Crippen LogP contribution in [0.2, 0.25) is 0 Å². The van der Waals surface area contributed by atoms with Crippen LogP contribution < -0.4 is 9.80 Å². The Labute approximate surface area is 278 Å². The van der Waals surface area contributed by atoms with E-state index in [-0.39, 0.29) is 47.2 Å². The lowest BCUT2D eigenvalue weighted by molar-refractivity contribution is -0.384. The number of ether oxygens (including phenoxy) is 2. The molecule has 3 aliphatic rings. The second kappa shape index (κ2) is 13.3. The normalized spacial score (nSPS) is 23.0. The third-order valence-corrected chi connectivity index (χ3v) is 9.58. The number of benzene rings is 4. The van der Waals surface area contributed by atoms with Gasteiger partial charge in [-0.15, -0.1) is 0 Å². The van der Waals surface area contributed by atoms with Crippen molar-refractivity contribution in [3.63, 3.8) is 0 Å². The second-order valence-corrected chi connectivity index (χ2v) is 12.5. The summed E-state index contributed by atoms with van der Waals surface area (Å²) in [6, 6.07) is 28.5. The number of hydrogen-bond donors (Lipinski definition) is 1. The molecule has 0 aromatic heterocycles. The van der Waals surface area contributed by atoms with Crippen molar-refractivity contribution in [2.75, 3.05) is 42.5 Å². The highest BCUT2D eigenvalue weighted by molar-refractivity contribution is 6.34. The zero-order chi connectivity index (χ0) is 33.4. The van der Waals surface area contributed by atoms with Gasteiger partial charge in [0.15, 0.2) is 6.29 Å². The number of fused-ring (bicyclic) bond motifs is 1. The molecule has 0 saturated carbocycles. The average Bonchev–Trinajstić information content (AvgIpc) is 3.38. The Bertz CT molecular complexity index is 1770. The molecule has 1 N–H and O–H groups in total. The van der Waals surface area contributed by atoms with Crippen LogP contribution in [0.4, 0.5) is 17.1 Å². The molecule has 4 aromatic carbocycles. The molecule has 4 aromatic rings. The van der Waals surface area contributed by atoms with Gasteiger partial charge in [-0.3, -0.25) is 24.6 Å². The fraction of sp³-hybridized carbons (Fsp3) is 0.297. The van der Waals surface area contributed by atoms with E-state index in [2.05, 4.69) is 16.7 Å². The van der Waals surface area contributed by atoms with Gasteiger partial charge in [0.1, 0.15) is 0 Å². The summed E-state index contributed by atoms with van der Waals surface area (Å²) in [4.78, 5) is 42.6. The fourth-order valence-corrected chi connectivity index (χ4v) is 6.76. The third kappa shape index (κ3) is 6.09. The van der Waals surface area contributed by atoms with E-state index in [0.29, 0.717) is 23.4 Å². The lowest BCUT2D eigenvalue weighted by Gasteiger charge is -2.44. The molecule has 0 aliphatic carbocycles. The first-order valence-electron chi connectivity index (χ1n) is 16.1. The third-order valence-electron chi connectivity index (χ3n) is 9.58. The maximum atomic E-state index is 13.1. The summed E-state index contributed by atoms with van der Waals surface area (Å²) in [5.41, 5.74) is 4.89. The summed E-state index contributed by atoms with van der Waals surface area (Å²) in [5.74, 6) is -0.684. The molecule has 0 spiro atoms. The van der Waals surface area contributed by atoms with E-state index in [9.17, 15) is 24.8 Å². The van der Waals surface area contributed by atoms with Gasteiger partial charge < -0.3 is 19.5 Å². The number of nitrogens with zero attached hydrogens (tertiary/aromatic N) is 4. The van der Waals surface area contributed by atoms with Crippen molar-refractivity contribution in [3.8, 4) is 0 Å². The summed E-state index contributed by atoms with van der Waals surface area (Å²) in [6.45, 7) is 5.95. The van der Waals surface area contributed by atoms with E-state index in [4.69, 9.17) is 9.47 Å². The molecular weight excluding hydrogens is 612 g/mol. The Morgan fingerprint density at radius 2 is 1.35 bits per heavy atom. The zero-order valence-electron chi connectivity index (χ0n) is 26.5. The molecule has 2 amide bonds. The van der Waals surface area contributed by atoms with Crippen molar-refractivity contribution >= 4 is 28.9 Å². The van der Waals surface area contributed by atoms with Crippen LogP contribution >= 0.6 is 0 Å². The Morgan fingerprint density at radius 3 is 1.94 bits per heavy atom. The van der Waals surface area contributed by atoms with Crippen LogP contribution in [0.15, 0.2) is 97.1 Å². The number of rotatable bonds is 8. The van der Waals surface area contributed by atoms with Crippen LogP contribution in [0.3, 0.4) is 0 Å². The number of aliphatic hydroxyl groups is 1. The standard InChI is InChI=1S/C37H36N4O7/c1-24-33(22-38-18-20-39(21-19-38)28-14-16-30(17-15-28)41(45)46)47-37(48-34(24)26-8-6-25(23-42)7-9-26)27-10-12-29(13-11-27)40-35(43)31-4-2-3-5-32(31)36(40)44/h2-17,24,33-34,37,42H,18-23H2,1H3/t24-,33+,34+,37+/m0/s1. The number of piperazine rings is 1. The highest BCUT2D eigenvalue weighted by Crippen LogP contribution is 2.42. The van der Waals surface area contributed by atoms with Crippen LogP contribution in [-0.2, 0) is 16.1 Å². The minimum absolute atomic E-state index is 0.00606. The highest BCUT2D eigenvalue weighted by atomic mass is 16.7. The van der Waals surface area contributed by atoms with Crippen molar-refractivity contribution in [2.45, 2.75) is 32.0 Å². The number of nitro benzene ring substituents is 1. The smallest absolute Gasteiger partial charge is 0.269 e. The van der Waals surface area contributed by atoms with Crippen LogP contribution in [0.1, 0.15) is 56.7 Å². The summed E-state index contributed by atoms with van der Waals surface area (Å²) >= 11 is 0. The van der Waals surface area contributed by atoms with E-state index in [0.717, 1.165) is 48.6 Å². The zero-order valence-corrected chi connectivity index (χ0v) is 26.5. The van der Waals surface area contributed by atoms with E-state index >= 15 is 0 Å². The number of imide groups is 1. The summed E-state index contributed by atoms with van der Waals surface area (Å²) < 4.78 is 13.3. The molecule has 246 valence electrons. The molecule has 3 aliphatic heterocycles. The van der Waals surface area contributed by atoms with Crippen molar-refractivity contribution in [1.82, 2.24) is 4.90 Å². The molecule has 2 fully saturated rings. The minimum Gasteiger partial charge on any atom is -0.392 e. The molecular formula is C37H36N4O7. The van der Waals surface area contributed by atoms with Gasteiger partial charge in [-0.2, -0.15) is 0 Å². The summed E-state index contributed by atoms with van der Waals surface area (Å²) in [7, 11) is 0. The first-order chi connectivity index (χ1) is 23.3. The molecule has 7 rings (SSSR count). The van der Waals surface area contributed by atoms with Gasteiger partial charge in [-0.25, -0.2) is 4.90 Å². The number of amides is 2. The number of anilines is 2. The van der Waals surface area contributed by atoms with E-state index in [1.165, 1.54) is 4.90 Å². The van der Waals surface area contributed by atoms with Gasteiger partial charge in [0.2, 0.25) is 0 Å². The molecule has 0 bridgehead atoms. The van der Waals surface area contributed by atoms with E-state index in [1.807, 2.05) is 36.4 Å². The summed E-state index contributed by atoms with van der Waals surface area (Å²) in [5, 5.41) is 20.6. The highest BCUT2D eigenvalue weighted by Gasteiger charge is 2.40. The predicted molar refractivity (Wildman–Crippen MR) is 179 cm³/mol. The Kier molecular flexibility index (Phi) is 8.76. The number of non-ortho nitro benzene ring substituents is 1. The molecule has 2 saturated heterocycles. The molecule has 48 heavy (non-hydrogen) atoms. The van der Waals surface area contributed by atoms with Crippen LogP contribution in [0.25, 0.3) is 0 Å². The van der Waals surface area contributed by atoms with Gasteiger partial charge in [-0.05, 0) is 47.5 Å². The average molecular weight is 649 g/mol. The van der Waals surface area contributed by atoms with Gasteiger partial charge >= 0.3 is 0 Å². The Balaban J connectivity index is 1.08. The molecule has 0 radical (unpaired) electrons. The SMILES string of the molecule is C[C@H]1[C@@H](CN2CCN(c3ccc([N+](=O)[O-])cc3)CC2)O[C@@H](c2ccc(N3C(=O)c4ccccc4C3=O)cc2)O[C@H]1c1ccc(CO)cc1. The largest absolute Gasteiger partial charge is 0.392 e. The minimum atomic E-state index is -0.689. The molecule has 3 heterocycles.